The number of carbonyl (C=O) groups is 2. The third kappa shape index (κ3) is 5.28. The van der Waals surface area contributed by atoms with Crippen LogP contribution in [0.5, 0.6) is 17.2 Å². The van der Waals surface area contributed by atoms with E-state index >= 15 is 0 Å². The van der Waals surface area contributed by atoms with Gasteiger partial charge in [0.1, 0.15) is 29.4 Å². The minimum Gasteiger partial charge on any atom is -0.495 e. The van der Waals surface area contributed by atoms with E-state index < -0.39 is 5.97 Å². The molecule has 0 spiro atoms. The lowest BCUT2D eigenvalue weighted by Gasteiger charge is -2.25. The van der Waals surface area contributed by atoms with Gasteiger partial charge in [-0.1, -0.05) is 38.5 Å². The fourth-order valence-electron chi connectivity index (χ4n) is 5.23. The zero-order valence-electron chi connectivity index (χ0n) is 22.2. The van der Waals surface area contributed by atoms with Crippen molar-refractivity contribution in [2.75, 3.05) is 7.11 Å². The Labute approximate surface area is 214 Å². The van der Waals surface area contributed by atoms with Crippen molar-refractivity contribution in [2.24, 2.45) is 17.3 Å². The molecule has 2 aromatic rings. The molecule has 0 aromatic heterocycles. The van der Waals surface area contributed by atoms with Gasteiger partial charge in [0.15, 0.2) is 5.78 Å². The van der Waals surface area contributed by atoms with E-state index in [2.05, 4.69) is 25.7 Å². The summed E-state index contributed by atoms with van der Waals surface area (Å²) in [6.45, 7) is 10.4. The van der Waals surface area contributed by atoms with Gasteiger partial charge in [-0.15, -0.1) is 0 Å². The standard InChI is InChI=1S/C31H36O5/c1-19(2)15-25(32)24-11-12-26-27(29(24)34-6)30(33)35-18-22-17-20(3)16-21(28(22)36-26)13-14-31(4,5)23-9-7-8-10-23/h11-12,16-17,19,23H,7-10,15,18H2,1-6H3. The van der Waals surface area contributed by atoms with Gasteiger partial charge in [-0.2, -0.15) is 0 Å². The third-order valence-electron chi connectivity index (χ3n) is 7.20. The van der Waals surface area contributed by atoms with Crippen molar-refractivity contribution in [3.8, 4) is 29.1 Å². The number of hydrogen-bond donors (Lipinski definition) is 0. The van der Waals surface area contributed by atoms with Crippen molar-refractivity contribution in [1.29, 1.82) is 0 Å². The molecule has 5 nitrogen and oxygen atoms in total. The molecule has 1 saturated carbocycles. The van der Waals surface area contributed by atoms with Crippen LogP contribution in [0.15, 0.2) is 24.3 Å². The van der Waals surface area contributed by atoms with Gasteiger partial charge in [0, 0.05) is 17.4 Å². The average molecular weight is 489 g/mol. The molecule has 0 unspecified atom stereocenters. The lowest BCUT2D eigenvalue weighted by atomic mass is 9.78. The lowest BCUT2D eigenvalue weighted by molar-refractivity contribution is 0.0455. The van der Waals surface area contributed by atoms with Crippen LogP contribution in [0.1, 0.15) is 97.2 Å². The van der Waals surface area contributed by atoms with Crippen molar-refractivity contribution in [3.63, 3.8) is 0 Å². The van der Waals surface area contributed by atoms with Gasteiger partial charge in [-0.3, -0.25) is 4.79 Å². The molecule has 5 heteroatoms. The molecule has 0 saturated heterocycles. The summed E-state index contributed by atoms with van der Waals surface area (Å²) in [5.74, 6) is 8.08. The van der Waals surface area contributed by atoms with E-state index in [4.69, 9.17) is 14.2 Å². The van der Waals surface area contributed by atoms with Gasteiger partial charge in [0.05, 0.1) is 18.2 Å². The third-order valence-corrected chi connectivity index (χ3v) is 7.20. The molecular formula is C31H36O5. The van der Waals surface area contributed by atoms with Crippen LogP contribution in [0.3, 0.4) is 0 Å². The monoisotopic (exact) mass is 488 g/mol. The van der Waals surface area contributed by atoms with Gasteiger partial charge in [-0.05, 0) is 75.3 Å². The molecule has 4 rings (SSSR count). The number of ketones is 1. The molecule has 190 valence electrons. The van der Waals surface area contributed by atoms with Gasteiger partial charge in [-0.25, -0.2) is 4.79 Å². The minimum atomic E-state index is -0.580. The fraction of sp³-hybridized carbons (Fsp3) is 0.484. The number of hydrogen-bond acceptors (Lipinski definition) is 5. The van der Waals surface area contributed by atoms with Gasteiger partial charge in [0.25, 0.3) is 0 Å². The molecule has 1 aliphatic carbocycles. The summed E-state index contributed by atoms with van der Waals surface area (Å²) in [4.78, 5) is 26.0. The van der Waals surface area contributed by atoms with Crippen LogP contribution in [0.2, 0.25) is 0 Å². The summed E-state index contributed by atoms with van der Waals surface area (Å²) in [6, 6.07) is 7.29. The van der Waals surface area contributed by atoms with Crippen LogP contribution in [0.4, 0.5) is 0 Å². The zero-order chi connectivity index (χ0) is 26.0. The molecule has 1 fully saturated rings. The molecule has 1 heterocycles. The smallest absolute Gasteiger partial charge is 0.346 e. The van der Waals surface area contributed by atoms with E-state index in [-0.39, 0.29) is 35.0 Å². The number of Topliss-reactive ketones (excluding diaryl/α,β-unsaturated/α-hetero) is 1. The predicted molar refractivity (Wildman–Crippen MR) is 140 cm³/mol. The topological polar surface area (TPSA) is 61.8 Å². The SMILES string of the molecule is COc1c(C(=O)CC(C)C)ccc2c1C(=O)OCc1cc(C)cc(C#CC(C)(C)C3CCCC3)c1O2. The molecule has 2 aromatic carbocycles. The summed E-state index contributed by atoms with van der Waals surface area (Å²) in [5, 5.41) is 0. The Morgan fingerprint density at radius 3 is 2.58 bits per heavy atom. The van der Waals surface area contributed by atoms with Crippen LogP contribution < -0.4 is 9.47 Å². The number of benzene rings is 2. The predicted octanol–water partition coefficient (Wildman–Crippen LogP) is 7.26. The van der Waals surface area contributed by atoms with E-state index in [0.29, 0.717) is 29.4 Å². The molecule has 1 aliphatic heterocycles. The second-order valence-electron chi connectivity index (χ2n) is 11.0. The Hall–Kier alpha value is -3.26. The number of methoxy groups -OCH3 is 1. The van der Waals surface area contributed by atoms with Gasteiger partial charge in [0.2, 0.25) is 0 Å². The lowest BCUT2D eigenvalue weighted by Crippen LogP contribution is -2.19. The fourth-order valence-corrected chi connectivity index (χ4v) is 5.23. The van der Waals surface area contributed by atoms with Crippen LogP contribution >= 0.6 is 0 Å². The first-order valence-corrected chi connectivity index (χ1v) is 12.9. The maximum Gasteiger partial charge on any atom is 0.346 e. The molecule has 0 N–H and O–H groups in total. The van der Waals surface area contributed by atoms with E-state index in [1.807, 2.05) is 32.9 Å². The second kappa shape index (κ2) is 10.4. The molecular weight excluding hydrogens is 452 g/mol. The van der Waals surface area contributed by atoms with Crippen LogP contribution in [-0.4, -0.2) is 18.9 Å². The van der Waals surface area contributed by atoms with E-state index in [1.54, 1.807) is 12.1 Å². The number of fused-ring (bicyclic) bond motifs is 2. The van der Waals surface area contributed by atoms with Crippen LogP contribution in [-0.2, 0) is 11.3 Å². The van der Waals surface area contributed by atoms with Crippen molar-refractivity contribution in [1.82, 2.24) is 0 Å². The maximum absolute atomic E-state index is 13.1. The second-order valence-corrected chi connectivity index (χ2v) is 11.0. The molecule has 2 aliphatic rings. The Balaban J connectivity index is 1.79. The molecule has 0 radical (unpaired) electrons. The first-order chi connectivity index (χ1) is 17.1. The number of esters is 1. The van der Waals surface area contributed by atoms with Crippen molar-refractivity contribution < 1.29 is 23.8 Å². The highest BCUT2D eigenvalue weighted by Crippen LogP contribution is 2.42. The van der Waals surface area contributed by atoms with E-state index in [9.17, 15) is 9.59 Å². The summed E-state index contributed by atoms with van der Waals surface area (Å²) >= 11 is 0. The van der Waals surface area contributed by atoms with Crippen molar-refractivity contribution in [3.05, 3.63) is 52.1 Å². The first kappa shape index (κ1) is 25.8. The van der Waals surface area contributed by atoms with E-state index in [1.165, 1.54) is 32.8 Å². The van der Waals surface area contributed by atoms with E-state index in [0.717, 1.165) is 16.7 Å². The highest BCUT2D eigenvalue weighted by molar-refractivity contribution is 6.05. The normalized spacial score (nSPS) is 15.6. The summed E-state index contributed by atoms with van der Waals surface area (Å²) in [7, 11) is 1.45. The van der Waals surface area contributed by atoms with Gasteiger partial charge < -0.3 is 14.2 Å². The Morgan fingerprint density at radius 2 is 1.92 bits per heavy atom. The van der Waals surface area contributed by atoms with Crippen LogP contribution in [0, 0.1) is 36.0 Å². The molecule has 0 amide bonds. The number of cyclic esters (lactones) is 1. The minimum absolute atomic E-state index is 0.0449. The average Bonchev–Trinajstić information content (AvgIpc) is 3.37. The summed E-state index contributed by atoms with van der Waals surface area (Å²) in [6.07, 6.45) is 5.31. The quantitative estimate of drug-likeness (QED) is 0.252. The Kier molecular flexibility index (Phi) is 7.45. The maximum atomic E-state index is 13.1. The molecule has 0 atom stereocenters. The summed E-state index contributed by atoms with van der Waals surface area (Å²) < 4.78 is 17.6. The Morgan fingerprint density at radius 1 is 1.19 bits per heavy atom. The number of carbonyl (C=O) groups excluding carboxylic acids is 2. The molecule has 36 heavy (non-hydrogen) atoms. The number of aryl methyl sites for hydroxylation is 1. The van der Waals surface area contributed by atoms with Crippen molar-refractivity contribution >= 4 is 11.8 Å². The summed E-state index contributed by atoms with van der Waals surface area (Å²) in [5.41, 5.74) is 2.92. The van der Waals surface area contributed by atoms with Crippen molar-refractivity contribution in [2.45, 2.75) is 73.3 Å². The van der Waals surface area contributed by atoms with Crippen LogP contribution in [0.25, 0.3) is 0 Å². The number of rotatable bonds is 5. The highest BCUT2D eigenvalue weighted by Gasteiger charge is 2.31. The Bertz CT molecular complexity index is 1240. The largest absolute Gasteiger partial charge is 0.495 e. The molecule has 0 bridgehead atoms. The van der Waals surface area contributed by atoms with Gasteiger partial charge >= 0.3 is 5.97 Å². The number of ether oxygens (including phenoxy) is 3. The zero-order valence-corrected chi connectivity index (χ0v) is 22.2. The highest BCUT2D eigenvalue weighted by atomic mass is 16.5. The first-order valence-electron chi connectivity index (χ1n) is 12.9.